The maximum atomic E-state index is 11.9. The minimum atomic E-state index is -1.26. The number of Topliss-reactive ketones (excluding diaryl/α,β-unsaturated/α-hetero) is 1. The van der Waals surface area contributed by atoms with Gasteiger partial charge in [0.1, 0.15) is 18.7 Å². The number of aliphatic carboxylic acids is 1. The van der Waals surface area contributed by atoms with E-state index in [0.717, 1.165) is 19.3 Å². The van der Waals surface area contributed by atoms with Crippen LogP contribution in [0.5, 0.6) is 0 Å². The average molecular weight is 372 g/mol. The van der Waals surface area contributed by atoms with Crippen LogP contribution in [0.1, 0.15) is 77.6 Å². The summed E-state index contributed by atoms with van der Waals surface area (Å²) < 4.78 is 5.65. The first-order valence-electron chi connectivity index (χ1n) is 9.85. The molecule has 0 radical (unpaired) electrons. The molecule has 6 nitrogen and oxygen atoms in total. The van der Waals surface area contributed by atoms with Crippen LogP contribution in [-0.4, -0.2) is 56.0 Å². The molecule has 0 aromatic heterocycles. The minimum Gasteiger partial charge on any atom is -0.550 e. The average Bonchev–Trinajstić information content (AvgIpc) is 2.47. The first kappa shape index (κ1) is 24.6. The molecule has 0 N–H and O–H groups in total. The first-order chi connectivity index (χ1) is 12.1. The lowest BCUT2D eigenvalue weighted by Crippen LogP contribution is -2.45. The number of unbranched alkanes of at least 4 members (excludes halogenated alkanes) is 7. The molecule has 0 bridgehead atoms. The van der Waals surface area contributed by atoms with Crippen molar-refractivity contribution in [3.63, 3.8) is 0 Å². The van der Waals surface area contributed by atoms with Gasteiger partial charge in [-0.2, -0.15) is 0 Å². The summed E-state index contributed by atoms with van der Waals surface area (Å²) in [5.74, 6) is -2.05. The van der Waals surface area contributed by atoms with Gasteiger partial charge in [-0.3, -0.25) is 9.59 Å². The van der Waals surface area contributed by atoms with E-state index in [4.69, 9.17) is 4.74 Å². The van der Waals surface area contributed by atoms with E-state index in [1.807, 2.05) is 21.1 Å². The predicted molar refractivity (Wildman–Crippen MR) is 99.3 cm³/mol. The number of esters is 1. The monoisotopic (exact) mass is 371 g/mol. The smallest absolute Gasteiger partial charge is 0.313 e. The molecule has 0 aliphatic heterocycles. The number of likely N-dealkylation sites (N-methyl/N-ethyl adjacent to an activating group) is 1. The van der Waals surface area contributed by atoms with Gasteiger partial charge >= 0.3 is 5.97 Å². The third-order valence-corrected chi connectivity index (χ3v) is 4.09. The lowest BCUT2D eigenvalue weighted by Gasteiger charge is -2.29. The first-order valence-corrected chi connectivity index (χ1v) is 9.85. The summed E-state index contributed by atoms with van der Waals surface area (Å²) in [4.78, 5) is 34.6. The Hall–Kier alpha value is -1.43. The van der Waals surface area contributed by atoms with Crippen molar-refractivity contribution < 1.29 is 28.7 Å². The van der Waals surface area contributed by atoms with Gasteiger partial charge in [-0.15, -0.1) is 0 Å². The number of carboxylic acid groups (broad SMARTS) is 1. The largest absolute Gasteiger partial charge is 0.550 e. The number of carbonyl (C=O) groups is 3. The number of ketones is 1. The van der Waals surface area contributed by atoms with Crippen LogP contribution in [-0.2, 0) is 19.1 Å². The summed E-state index contributed by atoms with van der Waals surface area (Å²) in [5.41, 5.74) is 0. The number of ether oxygens (including phenoxy) is 1. The van der Waals surface area contributed by atoms with E-state index in [1.165, 1.54) is 32.1 Å². The van der Waals surface area contributed by atoms with Crippen LogP contribution in [0.25, 0.3) is 0 Å². The molecule has 1 unspecified atom stereocenters. The molecular weight excluding hydrogens is 334 g/mol. The fourth-order valence-electron chi connectivity index (χ4n) is 2.87. The van der Waals surface area contributed by atoms with Crippen LogP contribution >= 0.6 is 0 Å². The fourth-order valence-corrected chi connectivity index (χ4v) is 2.87. The van der Waals surface area contributed by atoms with Crippen molar-refractivity contribution in [3.05, 3.63) is 0 Å². The van der Waals surface area contributed by atoms with Gasteiger partial charge in [-0.1, -0.05) is 51.9 Å². The molecule has 0 saturated heterocycles. The molecular formula is C20H37NO5. The molecule has 1 atom stereocenters. The second-order valence-electron chi connectivity index (χ2n) is 8.10. The van der Waals surface area contributed by atoms with Crippen LogP contribution in [0, 0.1) is 0 Å². The lowest BCUT2D eigenvalue weighted by atomic mass is 10.1. The molecule has 0 aromatic carbocycles. The van der Waals surface area contributed by atoms with Gasteiger partial charge in [0.15, 0.2) is 6.10 Å². The zero-order valence-corrected chi connectivity index (χ0v) is 17.1. The summed E-state index contributed by atoms with van der Waals surface area (Å²) in [6.45, 7) is 2.55. The Balaban J connectivity index is 4.00. The van der Waals surface area contributed by atoms with Crippen LogP contribution in [0.2, 0.25) is 0 Å². The molecule has 152 valence electrons. The Morgan fingerprint density at radius 2 is 1.46 bits per heavy atom. The Bertz CT molecular complexity index is 428. The van der Waals surface area contributed by atoms with Crippen molar-refractivity contribution in [2.24, 2.45) is 0 Å². The summed E-state index contributed by atoms with van der Waals surface area (Å²) in [6.07, 6.45) is 8.14. The molecule has 0 rings (SSSR count). The number of nitrogens with zero attached hydrogens (tertiary/aromatic N) is 1. The Morgan fingerprint density at radius 3 is 1.96 bits per heavy atom. The summed E-state index contributed by atoms with van der Waals surface area (Å²) >= 11 is 0. The van der Waals surface area contributed by atoms with Crippen molar-refractivity contribution in [3.8, 4) is 0 Å². The summed E-state index contributed by atoms with van der Waals surface area (Å²) in [6, 6.07) is 0. The van der Waals surface area contributed by atoms with Crippen LogP contribution in [0.15, 0.2) is 0 Å². The van der Waals surface area contributed by atoms with Gasteiger partial charge in [0.05, 0.1) is 21.1 Å². The SMILES string of the molecule is CCCCCCCCCCC(=O)CC(=O)OC(CC(=O)[O-])C[N+](C)(C)C. The number of hydrogen-bond donors (Lipinski definition) is 0. The third kappa shape index (κ3) is 16.1. The van der Waals surface area contributed by atoms with Crippen molar-refractivity contribution >= 4 is 17.7 Å². The quantitative estimate of drug-likeness (QED) is 0.180. The highest BCUT2D eigenvalue weighted by Crippen LogP contribution is 2.11. The maximum Gasteiger partial charge on any atom is 0.313 e. The van der Waals surface area contributed by atoms with Crippen LogP contribution in [0.4, 0.5) is 0 Å². The molecule has 0 spiro atoms. The van der Waals surface area contributed by atoms with Crippen molar-refractivity contribution in [1.82, 2.24) is 0 Å². The highest BCUT2D eigenvalue weighted by atomic mass is 16.5. The van der Waals surface area contributed by atoms with E-state index >= 15 is 0 Å². The van der Waals surface area contributed by atoms with Crippen LogP contribution < -0.4 is 5.11 Å². The Morgan fingerprint density at radius 1 is 0.923 bits per heavy atom. The van der Waals surface area contributed by atoms with E-state index in [9.17, 15) is 19.5 Å². The third-order valence-electron chi connectivity index (χ3n) is 4.09. The second kappa shape index (κ2) is 13.7. The van der Waals surface area contributed by atoms with Crippen molar-refractivity contribution in [2.75, 3.05) is 27.7 Å². The highest BCUT2D eigenvalue weighted by Gasteiger charge is 2.23. The van der Waals surface area contributed by atoms with E-state index in [-0.39, 0.29) is 18.6 Å². The topological polar surface area (TPSA) is 83.5 Å². The summed E-state index contributed by atoms with van der Waals surface area (Å²) in [7, 11) is 5.64. The number of carboxylic acids is 1. The Labute approximate surface area is 158 Å². The Kier molecular flexibility index (Phi) is 13.0. The zero-order chi connectivity index (χ0) is 20.0. The van der Waals surface area contributed by atoms with E-state index in [1.54, 1.807) is 0 Å². The normalized spacial score (nSPS) is 12.6. The molecule has 0 aliphatic carbocycles. The number of carbonyl (C=O) groups excluding carboxylic acids is 3. The van der Waals surface area contributed by atoms with Crippen molar-refractivity contribution in [2.45, 2.75) is 83.7 Å². The predicted octanol–water partition coefficient (Wildman–Crippen LogP) is 2.23. The molecule has 0 saturated carbocycles. The number of rotatable bonds is 16. The highest BCUT2D eigenvalue weighted by molar-refractivity contribution is 5.95. The maximum absolute atomic E-state index is 11.9. The van der Waals surface area contributed by atoms with E-state index in [2.05, 4.69) is 6.92 Å². The molecule has 26 heavy (non-hydrogen) atoms. The number of quaternary nitrogens is 1. The second-order valence-corrected chi connectivity index (χ2v) is 8.10. The molecule has 0 heterocycles. The molecule has 0 fully saturated rings. The van der Waals surface area contributed by atoms with Crippen LogP contribution in [0.3, 0.4) is 0 Å². The van der Waals surface area contributed by atoms with Crippen molar-refractivity contribution in [1.29, 1.82) is 0 Å². The lowest BCUT2D eigenvalue weighted by molar-refractivity contribution is -0.873. The van der Waals surface area contributed by atoms with E-state index in [0.29, 0.717) is 17.4 Å². The van der Waals surface area contributed by atoms with Gasteiger partial charge < -0.3 is 19.1 Å². The molecule has 0 amide bonds. The zero-order valence-electron chi connectivity index (χ0n) is 17.1. The minimum absolute atomic E-state index is 0.140. The summed E-state index contributed by atoms with van der Waals surface area (Å²) in [5, 5.41) is 10.8. The standard InChI is InChI=1S/C20H37NO5/c1-5-6-7-8-9-10-11-12-13-17(22)14-20(25)26-18(15-19(23)24)16-21(2,3)4/h18H,5-16H2,1-4H3. The number of hydrogen-bond acceptors (Lipinski definition) is 5. The van der Waals surface area contributed by atoms with Gasteiger partial charge in [0.25, 0.3) is 0 Å². The van der Waals surface area contributed by atoms with Gasteiger partial charge in [0, 0.05) is 18.8 Å². The molecule has 0 aliphatic rings. The van der Waals surface area contributed by atoms with Gasteiger partial charge in [-0.25, -0.2) is 0 Å². The molecule has 0 aromatic rings. The fraction of sp³-hybridized carbons (Fsp3) is 0.850. The van der Waals surface area contributed by atoms with E-state index < -0.39 is 18.0 Å². The van der Waals surface area contributed by atoms with Gasteiger partial charge in [-0.05, 0) is 6.42 Å². The van der Waals surface area contributed by atoms with Gasteiger partial charge in [0.2, 0.25) is 0 Å². The molecule has 6 heteroatoms.